The minimum atomic E-state index is -3.90. The summed E-state index contributed by atoms with van der Waals surface area (Å²) in [4.78, 5) is 25.7. The molecule has 2 N–H and O–H groups in total. The molecule has 3 aliphatic rings. The van der Waals surface area contributed by atoms with Crippen LogP contribution in [-0.4, -0.2) is 71.1 Å². The number of hydrogen-bond acceptors (Lipinski definition) is 7. The topological polar surface area (TPSA) is 129 Å². The van der Waals surface area contributed by atoms with E-state index in [0.29, 0.717) is 58.9 Å². The van der Waals surface area contributed by atoms with Gasteiger partial charge in [0.1, 0.15) is 16.9 Å². The Labute approximate surface area is 283 Å². The standard InChI is InChI=1S/C36H38FN7O4S/c1-5-49(46,47)42(3)27-8-6-7-24(31(27)37)25-13-11-21-16-29(43(34(21)39-25)18-20-9-10-20)35-40-26-15-23(17-30(48-4)33(26)41(35)2)36(45)44-19-22-12-14-28(44)32(22)38/h5-8,11,13,15-17,20,22,28,32H,1,9-10,12,14,18-19,38H2,2-4H3/t22-,28-,32-/m1/s1. The van der Waals surface area contributed by atoms with Crippen LogP contribution in [0.5, 0.6) is 5.75 Å². The molecule has 0 radical (unpaired) electrons. The van der Waals surface area contributed by atoms with Gasteiger partial charge < -0.3 is 24.5 Å². The fraction of sp³-hybridized carbons (Fsp3) is 0.361. The second-order valence-corrected chi connectivity index (χ2v) is 15.4. The lowest BCUT2D eigenvalue weighted by Crippen LogP contribution is -2.41. The molecule has 5 aromatic rings. The largest absolute Gasteiger partial charge is 0.494 e. The lowest BCUT2D eigenvalue weighted by molar-refractivity contribution is 0.0700. The molecular formula is C36H38FN7O4S. The molecule has 4 heterocycles. The lowest BCUT2D eigenvalue weighted by atomic mass is 10.1. The number of anilines is 1. The van der Waals surface area contributed by atoms with Crippen molar-refractivity contribution in [1.29, 1.82) is 0 Å². The summed E-state index contributed by atoms with van der Waals surface area (Å²) >= 11 is 0. The van der Waals surface area contributed by atoms with Crippen LogP contribution in [0.1, 0.15) is 36.0 Å². The van der Waals surface area contributed by atoms with Crippen LogP contribution in [0, 0.1) is 17.7 Å². The summed E-state index contributed by atoms with van der Waals surface area (Å²) in [5, 5.41) is 1.65. The molecule has 2 aliphatic carbocycles. The van der Waals surface area contributed by atoms with Crippen molar-refractivity contribution >= 4 is 43.7 Å². The third kappa shape index (κ3) is 5.01. The Morgan fingerprint density at radius 3 is 2.61 bits per heavy atom. The van der Waals surface area contributed by atoms with Gasteiger partial charge in [0, 0.05) is 61.2 Å². The molecule has 3 atom stereocenters. The summed E-state index contributed by atoms with van der Waals surface area (Å²) in [6, 6.07) is 14.0. The van der Waals surface area contributed by atoms with Crippen molar-refractivity contribution < 1.29 is 22.3 Å². The maximum atomic E-state index is 15.9. The number of aromatic nitrogens is 4. The number of aryl methyl sites for hydroxylation is 1. The van der Waals surface area contributed by atoms with E-state index in [9.17, 15) is 13.2 Å². The molecule has 2 bridgehead atoms. The molecule has 254 valence electrons. The molecule has 1 amide bonds. The Morgan fingerprint density at radius 1 is 1.14 bits per heavy atom. The van der Waals surface area contributed by atoms with Crippen molar-refractivity contribution in [2.45, 2.75) is 44.3 Å². The summed E-state index contributed by atoms with van der Waals surface area (Å²) in [6.07, 6.45) is 4.19. The molecule has 2 aromatic carbocycles. The van der Waals surface area contributed by atoms with Crippen molar-refractivity contribution in [1.82, 2.24) is 24.0 Å². The normalized spacial score (nSPS) is 20.4. The molecule has 49 heavy (non-hydrogen) atoms. The second-order valence-electron chi connectivity index (χ2n) is 13.5. The Bertz CT molecular complexity index is 2290. The van der Waals surface area contributed by atoms with E-state index in [-0.39, 0.29) is 29.2 Å². The Morgan fingerprint density at radius 2 is 1.94 bits per heavy atom. The van der Waals surface area contributed by atoms with Gasteiger partial charge in [0.25, 0.3) is 15.9 Å². The van der Waals surface area contributed by atoms with Gasteiger partial charge in [0.05, 0.1) is 29.7 Å². The van der Waals surface area contributed by atoms with Crippen molar-refractivity contribution in [3.63, 3.8) is 0 Å². The van der Waals surface area contributed by atoms with Crippen LogP contribution in [-0.2, 0) is 23.6 Å². The number of benzene rings is 2. The number of rotatable bonds is 9. The third-order valence-corrected chi connectivity index (χ3v) is 12.0. The van der Waals surface area contributed by atoms with E-state index in [1.165, 1.54) is 13.1 Å². The number of methoxy groups -OCH3 is 1. The number of piperidine rings is 1. The smallest absolute Gasteiger partial charge is 0.256 e. The van der Waals surface area contributed by atoms with Gasteiger partial charge in [0.2, 0.25) is 0 Å². The van der Waals surface area contributed by atoms with E-state index in [0.717, 1.165) is 52.0 Å². The van der Waals surface area contributed by atoms with Crippen LogP contribution < -0.4 is 14.8 Å². The highest BCUT2D eigenvalue weighted by atomic mass is 32.2. The maximum absolute atomic E-state index is 15.9. The van der Waals surface area contributed by atoms with E-state index in [4.69, 9.17) is 20.4 Å². The quantitative estimate of drug-likeness (QED) is 0.224. The van der Waals surface area contributed by atoms with Gasteiger partial charge >= 0.3 is 0 Å². The number of hydrogen-bond donors (Lipinski definition) is 1. The molecule has 1 saturated heterocycles. The number of nitrogens with two attached hydrogens (primary N) is 1. The number of sulfonamides is 1. The third-order valence-electron chi connectivity index (χ3n) is 10.6. The number of imidazole rings is 1. The van der Waals surface area contributed by atoms with Gasteiger partial charge in [-0.05, 0) is 80.0 Å². The molecule has 11 nitrogen and oxygen atoms in total. The van der Waals surface area contributed by atoms with Crippen LogP contribution in [0.15, 0.2) is 60.5 Å². The highest BCUT2D eigenvalue weighted by Gasteiger charge is 2.47. The zero-order valence-electron chi connectivity index (χ0n) is 27.6. The van der Waals surface area contributed by atoms with E-state index in [1.54, 1.807) is 31.4 Å². The molecule has 3 aromatic heterocycles. The van der Waals surface area contributed by atoms with E-state index in [2.05, 4.69) is 11.1 Å². The van der Waals surface area contributed by atoms with Crippen LogP contribution in [0.4, 0.5) is 10.1 Å². The molecule has 8 rings (SSSR count). The average molecular weight is 684 g/mol. The summed E-state index contributed by atoms with van der Waals surface area (Å²) in [5.41, 5.74) is 10.3. The van der Waals surface area contributed by atoms with Gasteiger partial charge in [-0.1, -0.05) is 12.6 Å². The van der Waals surface area contributed by atoms with Crippen LogP contribution in [0.2, 0.25) is 0 Å². The highest BCUT2D eigenvalue weighted by Crippen LogP contribution is 2.41. The first-order valence-electron chi connectivity index (χ1n) is 16.5. The van der Waals surface area contributed by atoms with Crippen molar-refractivity contribution in [2.75, 3.05) is 25.0 Å². The van der Waals surface area contributed by atoms with E-state index < -0.39 is 15.8 Å². The van der Waals surface area contributed by atoms with E-state index >= 15 is 4.39 Å². The fourth-order valence-electron chi connectivity index (χ4n) is 7.68. The number of fused-ring (bicyclic) bond motifs is 4. The lowest BCUT2D eigenvalue weighted by Gasteiger charge is -2.27. The average Bonchev–Trinajstić information content (AvgIpc) is 3.51. The summed E-state index contributed by atoms with van der Waals surface area (Å²) < 4.78 is 51.6. The van der Waals surface area contributed by atoms with Crippen LogP contribution in [0.3, 0.4) is 0 Å². The first-order chi connectivity index (χ1) is 23.5. The molecule has 2 saturated carbocycles. The van der Waals surface area contributed by atoms with Gasteiger partial charge in [-0.3, -0.25) is 9.10 Å². The van der Waals surface area contributed by atoms with Crippen LogP contribution >= 0.6 is 0 Å². The SMILES string of the molecule is C=CS(=O)(=O)N(C)c1cccc(-c2ccc3cc(-c4nc5cc(C(=O)N6C[C@H]7CC[C@@H]6[C@@H]7N)cc(OC)c5n4C)n(CC4CC4)c3n2)c1F. The van der Waals surface area contributed by atoms with Gasteiger partial charge in [-0.15, -0.1) is 0 Å². The molecule has 0 spiro atoms. The maximum Gasteiger partial charge on any atom is 0.256 e. The predicted octanol–water partition coefficient (Wildman–Crippen LogP) is 5.29. The Hall–Kier alpha value is -4.75. The molecule has 13 heteroatoms. The summed E-state index contributed by atoms with van der Waals surface area (Å²) in [6.45, 7) is 4.74. The van der Waals surface area contributed by atoms with Crippen LogP contribution in [0.25, 0.3) is 44.8 Å². The highest BCUT2D eigenvalue weighted by molar-refractivity contribution is 7.95. The molecule has 1 aliphatic heterocycles. The Kier molecular flexibility index (Phi) is 7.34. The fourth-order valence-corrected chi connectivity index (χ4v) is 8.32. The number of ether oxygens (including phenoxy) is 1. The zero-order valence-corrected chi connectivity index (χ0v) is 28.5. The summed E-state index contributed by atoms with van der Waals surface area (Å²) in [5.74, 6) is 1.31. The monoisotopic (exact) mass is 683 g/mol. The van der Waals surface area contributed by atoms with Crippen molar-refractivity contribution in [3.05, 3.63) is 71.9 Å². The number of pyridine rings is 1. The minimum absolute atomic E-state index is 0.0220. The molecule has 3 fully saturated rings. The molecular weight excluding hydrogens is 646 g/mol. The number of nitrogens with zero attached hydrogens (tertiary/aromatic N) is 6. The molecule has 0 unspecified atom stereocenters. The van der Waals surface area contributed by atoms with Gasteiger partial charge in [-0.25, -0.2) is 22.8 Å². The minimum Gasteiger partial charge on any atom is -0.494 e. The second kappa shape index (κ2) is 11.4. The Balaban J connectivity index is 1.23. The number of amides is 1. The number of halogens is 1. The van der Waals surface area contributed by atoms with Gasteiger partial charge in [-0.2, -0.15) is 0 Å². The van der Waals surface area contributed by atoms with E-state index in [1.807, 2.05) is 34.7 Å². The first-order valence-corrected chi connectivity index (χ1v) is 18.0. The number of likely N-dealkylation sites (tertiary alicyclic amines) is 1. The number of carbonyl (C=O) groups is 1. The first kappa shape index (κ1) is 31.5. The van der Waals surface area contributed by atoms with Gasteiger partial charge in [0.15, 0.2) is 11.6 Å². The van der Waals surface area contributed by atoms with Crippen molar-refractivity contribution in [2.24, 2.45) is 24.6 Å². The predicted molar refractivity (Wildman–Crippen MR) is 187 cm³/mol. The summed E-state index contributed by atoms with van der Waals surface area (Å²) in [7, 11) is 0.920. The zero-order chi connectivity index (χ0) is 34.4. The van der Waals surface area contributed by atoms with Crippen molar-refractivity contribution in [3.8, 4) is 28.5 Å². The number of carbonyl (C=O) groups excluding carboxylic acids is 1.